The SMILES string of the molecule is C=CC(=O)Nc1cc(-c2cc3c(cn2)cc(-c2c(Cl)c(OC)cc(OC)c2Cl)c(=O)n3CC)c(OC)cc1N1C[C@H](C)C[C@H](C)C1. The number of carbonyl (C=O) groups is 1. The molecule has 0 aliphatic carbocycles. The second-order valence-electron chi connectivity index (χ2n) is 11.6. The maximum Gasteiger partial charge on any atom is 0.259 e. The molecule has 0 unspecified atom stereocenters. The van der Waals surface area contributed by atoms with Gasteiger partial charge in [0.05, 0.1) is 59.5 Å². The van der Waals surface area contributed by atoms with Gasteiger partial charge in [-0.25, -0.2) is 0 Å². The minimum absolute atomic E-state index is 0.202. The number of carbonyl (C=O) groups excluding carboxylic acids is 1. The van der Waals surface area contributed by atoms with Crippen LogP contribution in [0.3, 0.4) is 0 Å². The molecule has 0 saturated carbocycles. The average molecular weight is 666 g/mol. The van der Waals surface area contributed by atoms with Crippen LogP contribution >= 0.6 is 23.2 Å². The largest absolute Gasteiger partial charge is 0.496 e. The number of piperidine rings is 1. The number of fused-ring (bicyclic) bond motifs is 1. The Kier molecular flexibility index (Phi) is 9.84. The summed E-state index contributed by atoms with van der Waals surface area (Å²) in [6, 6.07) is 8.97. The van der Waals surface area contributed by atoms with E-state index >= 15 is 0 Å². The Hall–Kier alpha value is -4.21. The number of hydrogen-bond donors (Lipinski definition) is 1. The van der Waals surface area contributed by atoms with E-state index in [0.717, 1.165) is 25.2 Å². The predicted molar refractivity (Wildman–Crippen MR) is 186 cm³/mol. The molecule has 1 aliphatic heterocycles. The number of halogens is 2. The first-order valence-electron chi connectivity index (χ1n) is 15.1. The predicted octanol–water partition coefficient (Wildman–Crippen LogP) is 7.69. The Morgan fingerprint density at radius 1 is 0.978 bits per heavy atom. The second kappa shape index (κ2) is 13.6. The summed E-state index contributed by atoms with van der Waals surface area (Å²) in [5, 5.41) is 4.09. The number of methoxy groups -OCH3 is 3. The number of nitrogens with zero attached hydrogens (tertiary/aromatic N) is 3. The number of rotatable bonds is 9. The molecule has 2 atom stereocenters. The van der Waals surface area contributed by atoms with Crippen molar-refractivity contribution in [2.45, 2.75) is 33.7 Å². The van der Waals surface area contributed by atoms with Gasteiger partial charge in [0.25, 0.3) is 5.56 Å². The van der Waals surface area contributed by atoms with E-state index in [4.69, 9.17) is 42.4 Å². The molecule has 1 aliphatic rings. The molecule has 11 heteroatoms. The van der Waals surface area contributed by atoms with Crippen LogP contribution in [0.4, 0.5) is 11.4 Å². The van der Waals surface area contributed by atoms with Gasteiger partial charge in [-0.1, -0.05) is 43.6 Å². The molecule has 1 saturated heterocycles. The summed E-state index contributed by atoms with van der Waals surface area (Å²) in [6.45, 7) is 12.1. The molecule has 0 radical (unpaired) electrons. The van der Waals surface area contributed by atoms with Crippen molar-refractivity contribution in [2.24, 2.45) is 11.8 Å². The first kappa shape index (κ1) is 33.2. The van der Waals surface area contributed by atoms with Crippen molar-refractivity contribution in [3.8, 4) is 39.6 Å². The lowest BCUT2D eigenvalue weighted by atomic mass is 9.91. The van der Waals surface area contributed by atoms with Gasteiger partial charge in [0.15, 0.2) is 0 Å². The standard InChI is InChI=1S/C35H38Cl2N4O5/c1-8-31(42)39-25-12-22(28(44-5)14-27(25)40-17-19(3)10-20(4)18-40)24-13-26-21(16-38-24)11-23(35(43)41(26)9-2)32-33(36)29(45-6)15-30(46-7)34(32)37/h8,11-16,19-20H,1,9-10,17-18H2,2-7H3,(H,39,42)/t19-,20+. The van der Waals surface area contributed by atoms with Crippen LogP contribution in [0.25, 0.3) is 33.3 Å². The molecule has 3 heterocycles. The van der Waals surface area contributed by atoms with Crippen LogP contribution in [0.2, 0.25) is 10.0 Å². The third kappa shape index (κ3) is 6.13. The van der Waals surface area contributed by atoms with Crippen molar-refractivity contribution in [2.75, 3.05) is 44.6 Å². The van der Waals surface area contributed by atoms with Crippen molar-refractivity contribution >= 4 is 51.4 Å². The maximum absolute atomic E-state index is 14.0. The van der Waals surface area contributed by atoms with Gasteiger partial charge < -0.3 is 29.0 Å². The highest BCUT2D eigenvalue weighted by Gasteiger charge is 2.27. The number of anilines is 2. The number of hydrogen-bond acceptors (Lipinski definition) is 7. The van der Waals surface area contributed by atoms with Crippen LogP contribution in [-0.4, -0.2) is 49.9 Å². The first-order valence-corrected chi connectivity index (χ1v) is 15.8. The zero-order valence-corrected chi connectivity index (χ0v) is 28.4. The van der Waals surface area contributed by atoms with Gasteiger partial charge in [-0.05, 0) is 49.5 Å². The zero-order valence-electron chi connectivity index (χ0n) is 26.9. The first-order chi connectivity index (χ1) is 22.0. The van der Waals surface area contributed by atoms with Crippen LogP contribution in [0.1, 0.15) is 27.2 Å². The lowest BCUT2D eigenvalue weighted by Crippen LogP contribution is -2.39. The lowest BCUT2D eigenvalue weighted by molar-refractivity contribution is -0.111. The van der Waals surface area contributed by atoms with Crippen LogP contribution < -0.4 is 30.0 Å². The van der Waals surface area contributed by atoms with Crippen molar-refractivity contribution in [1.82, 2.24) is 9.55 Å². The highest BCUT2D eigenvalue weighted by Crippen LogP contribution is 2.46. The van der Waals surface area contributed by atoms with Gasteiger partial charge in [0.1, 0.15) is 17.2 Å². The maximum atomic E-state index is 14.0. The number of nitrogens with one attached hydrogen (secondary N) is 1. The van der Waals surface area contributed by atoms with E-state index in [1.807, 2.05) is 25.1 Å². The normalized spacial score (nSPS) is 16.3. The summed E-state index contributed by atoms with van der Waals surface area (Å²) in [7, 11) is 4.57. The van der Waals surface area contributed by atoms with E-state index in [9.17, 15) is 9.59 Å². The van der Waals surface area contributed by atoms with E-state index < -0.39 is 0 Å². The van der Waals surface area contributed by atoms with Crippen molar-refractivity contribution in [3.63, 3.8) is 0 Å². The van der Waals surface area contributed by atoms with E-state index in [0.29, 0.717) is 69.0 Å². The Balaban J connectivity index is 1.70. The molecule has 2 aromatic heterocycles. The molecule has 2 aromatic carbocycles. The third-order valence-corrected chi connectivity index (χ3v) is 9.13. The van der Waals surface area contributed by atoms with Gasteiger partial charge in [-0.2, -0.15) is 0 Å². The van der Waals surface area contributed by atoms with Gasteiger partial charge in [-0.15, -0.1) is 0 Å². The molecule has 4 aromatic rings. The van der Waals surface area contributed by atoms with Crippen molar-refractivity contribution < 1.29 is 19.0 Å². The summed E-state index contributed by atoms with van der Waals surface area (Å²) in [5.41, 5.74) is 3.70. The molecule has 9 nitrogen and oxygen atoms in total. The average Bonchev–Trinajstić information content (AvgIpc) is 3.04. The fourth-order valence-corrected chi connectivity index (χ4v) is 7.08. The molecular formula is C35H38Cl2N4O5. The number of ether oxygens (including phenoxy) is 3. The van der Waals surface area contributed by atoms with Crippen LogP contribution in [0.5, 0.6) is 17.2 Å². The molecule has 1 amide bonds. The molecule has 5 rings (SSSR count). The van der Waals surface area contributed by atoms with Crippen molar-refractivity contribution in [3.05, 3.63) is 69.6 Å². The highest BCUT2D eigenvalue weighted by molar-refractivity contribution is 6.41. The quantitative estimate of drug-likeness (QED) is 0.183. The highest BCUT2D eigenvalue weighted by atomic mass is 35.5. The van der Waals surface area contributed by atoms with Crippen LogP contribution in [-0.2, 0) is 11.3 Å². The molecule has 242 valence electrons. The van der Waals surface area contributed by atoms with Gasteiger partial charge >= 0.3 is 0 Å². The summed E-state index contributed by atoms with van der Waals surface area (Å²) >= 11 is 13.4. The smallest absolute Gasteiger partial charge is 0.259 e. The second-order valence-corrected chi connectivity index (χ2v) is 12.4. The summed E-state index contributed by atoms with van der Waals surface area (Å²) in [4.78, 5) is 33.7. The Bertz CT molecular complexity index is 1850. The van der Waals surface area contributed by atoms with Crippen molar-refractivity contribution in [1.29, 1.82) is 0 Å². The Morgan fingerprint density at radius 3 is 2.17 bits per heavy atom. The monoisotopic (exact) mass is 664 g/mol. The molecule has 0 spiro atoms. The summed E-state index contributed by atoms with van der Waals surface area (Å²) in [6.07, 6.45) is 4.09. The Labute approximate surface area is 278 Å². The van der Waals surface area contributed by atoms with E-state index in [2.05, 4.69) is 30.6 Å². The molecule has 1 fully saturated rings. The topological polar surface area (TPSA) is 94.9 Å². The fraction of sp³-hybridized carbons (Fsp3) is 0.343. The van der Waals surface area contributed by atoms with E-state index in [1.165, 1.54) is 20.3 Å². The van der Waals surface area contributed by atoms with Gasteiger partial charge in [0, 0.05) is 54.5 Å². The molecule has 0 bridgehead atoms. The number of amides is 1. The van der Waals surface area contributed by atoms with E-state index in [-0.39, 0.29) is 27.1 Å². The minimum Gasteiger partial charge on any atom is -0.496 e. The molecular weight excluding hydrogens is 627 g/mol. The fourth-order valence-electron chi connectivity index (χ4n) is 6.38. The van der Waals surface area contributed by atoms with Gasteiger partial charge in [-0.3, -0.25) is 14.6 Å². The third-order valence-electron chi connectivity index (χ3n) is 8.38. The minimum atomic E-state index is -0.319. The van der Waals surface area contributed by atoms with Gasteiger partial charge in [0.2, 0.25) is 5.91 Å². The van der Waals surface area contributed by atoms with Crippen LogP contribution in [0, 0.1) is 11.8 Å². The summed E-state index contributed by atoms with van der Waals surface area (Å²) < 4.78 is 18.4. The zero-order chi connectivity index (χ0) is 33.3. The number of pyridine rings is 2. The molecule has 46 heavy (non-hydrogen) atoms. The lowest BCUT2D eigenvalue weighted by Gasteiger charge is -2.38. The number of aryl methyl sites for hydroxylation is 1. The number of benzene rings is 2. The van der Waals surface area contributed by atoms with Crippen LogP contribution in [0.15, 0.2) is 54.0 Å². The molecule has 1 N–H and O–H groups in total. The summed E-state index contributed by atoms with van der Waals surface area (Å²) in [5.74, 6) is 1.93. The number of aromatic nitrogens is 2. The Morgan fingerprint density at radius 2 is 1.61 bits per heavy atom. The van der Waals surface area contributed by atoms with E-state index in [1.54, 1.807) is 30.0 Å².